The van der Waals surface area contributed by atoms with Gasteiger partial charge in [0, 0.05) is 31.7 Å². The van der Waals surface area contributed by atoms with Gasteiger partial charge in [-0.25, -0.2) is 0 Å². The third-order valence-electron chi connectivity index (χ3n) is 4.44. The molecule has 1 heterocycles. The van der Waals surface area contributed by atoms with Gasteiger partial charge in [-0.3, -0.25) is 9.69 Å². The van der Waals surface area contributed by atoms with Gasteiger partial charge in [-0.15, -0.1) is 0 Å². The number of amides is 1. The minimum absolute atomic E-state index is 0.188. The van der Waals surface area contributed by atoms with E-state index in [1.807, 2.05) is 4.90 Å². The Labute approximate surface area is 110 Å². The molecule has 1 amide bonds. The van der Waals surface area contributed by atoms with Gasteiger partial charge in [0.25, 0.3) is 0 Å². The summed E-state index contributed by atoms with van der Waals surface area (Å²) in [5.74, 6) is 0.188. The first-order valence-corrected chi connectivity index (χ1v) is 7.16. The lowest BCUT2D eigenvalue weighted by Crippen LogP contribution is -2.60. The summed E-state index contributed by atoms with van der Waals surface area (Å²) in [6.45, 7) is 10.3. The Kier molecular flexibility index (Phi) is 3.70. The minimum Gasteiger partial charge on any atom is -0.339 e. The van der Waals surface area contributed by atoms with Gasteiger partial charge in [0.2, 0.25) is 5.91 Å². The number of hydrogen-bond donors (Lipinski definition) is 1. The Morgan fingerprint density at radius 3 is 2.00 bits per heavy atom. The Morgan fingerprint density at radius 2 is 1.56 bits per heavy atom. The van der Waals surface area contributed by atoms with Crippen LogP contribution in [0.5, 0.6) is 0 Å². The molecule has 0 aromatic rings. The van der Waals surface area contributed by atoms with E-state index >= 15 is 0 Å². The SMILES string of the molecule is CC(C)(C)N1CCN(C(=O)C2(N)CCCC2)CC1. The lowest BCUT2D eigenvalue weighted by Gasteiger charge is -2.43. The van der Waals surface area contributed by atoms with Crippen LogP contribution in [0.3, 0.4) is 0 Å². The number of piperazine rings is 1. The molecule has 1 saturated carbocycles. The quantitative estimate of drug-likeness (QED) is 0.764. The van der Waals surface area contributed by atoms with E-state index in [1.54, 1.807) is 0 Å². The standard InChI is InChI=1S/C14H27N3O/c1-13(2,3)17-10-8-16(9-11-17)12(18)14(15)6-4-5-7-14/h4-11,15H2,1-3H3. The largest absolute Gasteiger partial charge is 0.339 e. The summed E-state index contributed by atoms with van der Waals surface area (Å²) in [5.41, 5.74) is 5.89. The molecule has 4 nitrogen and oxygen atoms in total. The van der Waals surface area contributed by atoms with Crippen molar-refractivity contribution in [2.45, 2.75) is 57.5 Å². The average Bonchev–Trinajstić information content (AvgIpc) is 2.75. The summed E-state index contributed by atoms with van der Waals surface area (Å²) in [6, 6.07) is 0. The fourth-order valence-corrected chi connectivity index (χ4v) is 3.12. The van der Waals surface area contributed by atoms with Crippen molar-refractivity contribution in [1.82, 2.24) is 9.80 Å². The predicted molar refractivity (Wildman–Crippen MR) is 73.3 cm³/mol. The lowest BCUT2D eigenvalue weighted by atomic mass is 9.96. The van der Waals surface area contributed by atoms with Crippen molar-refractivity contribution in [3.05, 3.63) is 0 Å². The first-order valence-electron chi connectivity index (χ1n) is 7.16. The Bertz CT molecular complexity index is 307. The van der Waals surface area contributed by atoms with Gasteiger partial charge in [-0.2, -0.15) is 0 Å². The highest BCUT2D eigenvalue weighted by atomic mass is 16.2. The molecular formula is C14H27N3O. The maximum absolute atomic E-state index is 12.5. The van der Waals surface area contributed by atoms with Crippen LogP contribution < -0.4 is 5.73 Å². The molecule has 0 atom stereocenters. The van der Waals surface area contributed by atoms with Crippen LogP contribution in [-0.2, 0) is 4.79 Å². The molecule has 2 N–H and O–H groups in total. The summed E-state index contributed by atoms with van der Waals surface area (Å²) in [4.78, 5) is 16.9. The van der Waals surface area contributed by atoms with Crippen LogP contribution in [0.4, 0.5) is 0 Å². The van der Waals surface area contributed by atoms with Crippen LogP contribution in [0, 0.1) is 0 Å². The molecule has 18 heavy (non-hydrogen) atoms. The van der Waals surface area contributed by atoms with E-state index in [9.17, 15) is 4.79 Å². The zero-order valence-electron chi connectivity index (χ0n) is 12.0. The van der Waals surface area contributed by atoms with E-state index < -0.39 is 5.54 Å². The molecule has 4 heteroatoms. The molecule has 2 aliphatic rings. The van der Waals surface area contributed by atoms with Crippen molar-refractivity contribution in [2.75, 3.05) is 26.2 Å². The molecule has 0 unspecified atom stereocenters. The van der Waals surface area contributed by atoms with Crippen LogP contribution in [0.2, 0.25) is 0 Å². The second-order valence-electron chi connectivity index (χ2n) is 6.81. The van der Waals surface area contributed by atoms with Gasteiger partial charge in [0.15, 0.2) is 0 Å². The molecule has 1 saturated heterocycles. The number of nitrogens with zero attached hydrogens (tertiary/aromatic N) is 2. The van der Waals surface area contributed by atoms with Gasteiger partial charge in [-0.05, 0) is 33.6 Å². The minimum atomic E-state index is -0.552. The normalized spacial score (nSPS) is 25.4. The highest BCUT2D eigenvalue weighted by Crippen LogP contribution is 2.29. The smallest absolute Gasteiger partial charge is 0.242 e. The van der Waals surface area contributed by atoms with E-state index in [4.69, 9.17) is 5.73 Å². The van der Waals surface area contributed by atoms with Gasteiger partial charge in [0.1, 0.15) is 0 Å². The molecule has 1 aliphatic carbocycles. The van der Waals surface area contributed by atoms with E-state index in [2.05, 4.69) is 25.7 Å². The molecule has 0 aromatic carbocycles. The van der Waals surface area contributed by atoms with Crippen molar-refractivity contribution in [3.63, 3.8) is 0 Å². The number of hydrogen-bond acceptors (Lipinski definition) is 3. The highest BCUT2D eigenvalue weighted by molar-refractivity contribution is 5.86. The van der Waals surface area contributed by atoms with Crippen LogP contribution in [0.1, 0.15) is 46.5 Å². The van der Waals surface area contributed by atoms with Crippen LogP contribution in [-0.4, -0.2) is 53.0 Å². The molecule has 1 aliphatic heterocycles. The van der Waals surface area contributed by atoms with Gasteiger partial charge < -0.3 is 10.6 Å². The second-order valence-corrected chi connectivity index (χ2v) is 6.81. The molecular weight excluding hydrogens is 226 g/mol. The Morgan fingerprint density at radius 1 is 1.06 bits per heavy atom. The molecule has 0 radical (unpaired) electrons. The Hall–Kier alpha value is -0.610. The van der Waals surface area contributed by atoms with Gasteiger partial charge >= 0.3 is 0 Å². The number of rotatable bonds is 1. The average molecular weight is 253 g/mol. The second kappa shape index (κ2) is 4.82. The topological polar surface area (TPSA) is 49.6 Å². The van der Waals surface area contributed by atoms with E-state index in [1.165, 1.54) is 0 Å². The molecule has 0 spiro atoms. The number of carbonyl (C=O) groups is 1. The maximum atomic E-state index is 12.5. The van der Waals surface area contributed by atoms with E-state index in [0.717, 1.165) is 51.9 Å². The van der Waals surface area contributed by atoms with Crippen LogP contribution in [0.25, 0.3) is 0 Å². The number of nitrogens with two attached hydrogens (primary N) is 1. The molecule has 0 bridgehead atoms. The summed E-state index contributed by atoms with van der Waals surface area (Å²) in [6.07, 6.45) is 3.94. The Balaban J connectivity index is 1.92. The molecule has 104 valence electrons. The van der Waals surface area contributed by atoms with Gasteiger partial charge in [0.05, 0.1) is 5.54 Å². The molecule has 0 aromatic heterocycles. The monoisotopic (exact) mass is 253 g/mol. The van der Waals surface area contributed by atoms with Crippen molar-refractivity contribution >= 4 is 5.91 Å². The van der Waals surface area contributed by atoms with Crippen molar-refractivity contribution in [1.29, 1.82) is 0 Å². The number of carbonyl (C=O) groups excluding carboxylic acids is 1. The summed E-state index contributed by atoms with van der Waals surface area (Å²) >= 11 is 0. The third kappa shape index (κ3) is 2.69. The lowest BCUT2D eigenvalue weighted by molar-refractivity contribution is -0.139. The van der Waals surface area contributed by atoms with E-state index in [-0.39, 0.29) is 11.4 Å². The molecule has 2 rings (SSSR count). The molecule has 2 fully saturated rings. The zero-order valence-corrected chi connectivity index (χ0v) is 12.0. The van der Waals surface area contributed by atoms with Crippen LogP contribution >= 0.6 is 0 Å². The first kappa shape index (κ1) is 13.8. The third-order valence-corrected chi connectivity index (χ3v) is 4.44. The summed E-state index contributed by atoms with van der Waals surface area (Å²) in [5, 5.41) is 0. The van der Waals surface area contributed by atoms with E-state index in [0.29, 0.717) is 0 Å². The van der Waals surface area contributed by atoms with Crippen molar-refractivity contribution < 1.29 is 4.79 Å². The summed E-state index contributed by atoms with van der Waals surface area (Å²) in [7, 11) is 0. The zero-order chi connectivity index (χ0) is 13.4. The van der Waals surface area contributed by atoms with Gasteiger partial charge in [-0.1, -0.05) is 12.8 Å². The predicted octanol–water partition coefficient (Wildman–Crippen LogP) is 1.20. The first-order chi connectivity index (χ1) is 8.33. The van der Waals surface area contributed by atoms with Crippen molar-refractivity contribution in [2.24, 2.45) is 5.73 Å². The summed E-state index contributed by atoms with van der Waals surface area (Å²) < 4.78 is 0. The fraction of sp³-hybridized carbons (Fsp3) is 0.929. The maximum Gasteiger partial charge on any atom is 0.242 e. The fourth-order valence-electron chi connectivity index (χ4n) is 3.12. The van der Waals surface area contributed by atoms with Crippen molar-refractivity contribution in [3.8, 4) is 0 Å². The highest BCUT2D eigenvalue weighted by Gasteiger charge is 2.41. The van der Waals surface area contributed by atoms with Crippen LogP contribution in [0.15, 0.2) is 0 Å².